The van der Waals surface area contributed by atoms with E-state index < -0.39 is 29.5 Å². The van der Waals surface area contributed by atoms with Crippen LogP contribution in [0.15, 0.2) is 12.1 Å². The normalized spacial score (nSPS) is 13.5. The van der Waals surface area contributed by atoms with E-state index in [9.17, 15) is 23.1 Å². The molecule has 0 fully saturated rings. The number of halogens is 3. The van der Waals surface area contributed by atoms with Crippen molar-refractivity contribution < 1.29 is 28.2 Å². The number of phenols is 1. The lowest BCUT2D eigenvalue weighted by atomic mass is 9.99. The molecule has 4 N–H and O–H groups in total. The molecule has 0 saturated carbocycles. The summed E-state index contributed by atoms with van der Waals surface area (Å²) in [5, 5.41) is 18.2. The number of carboxylic acid groups (broad SMARTS) is 1. The predicted octanol–water partition coefficient (Wildman–Crippen LogP) is 1.96. The molecule has 17 heavy (non-hydrogen) atoms. The molecule has 1 rings (SSSR count). The molecule has 0 radical (unpaired) electrons. The molecule has 0 aliphatic heterocycles. The highest BCUT2D eigenvalue weighted by Crippen LogP contribution is 2.37. The fraction of sp³-hybridized carbons (Fsp3) is 0.300. The van der Waals surface area contributed by atoms with Crippen molar-refractivity contribution >= 4 is 5.97 Å². The topological polar surface area (TPSA) is 83.5 Å². The molecular formula is C10H10F3NO3. The maximum absolute atomic E-state index is 12.4. The van der Waals surface area contributed by atoms with Crippen LogP contribution in [0.1, 0.15) is 27.5 Å². The summed E-state index contributed by atoms with van der Waals surface area (Å²) in [6.07, 6.45) is -4.75. The number of aromatic carboxylic acids is 1. The van der Waals surface area contributed by atoms with Crippen LogP contribution in [0, 0.1) is 6.92 Å². The van der Waals surface area contributed by atoms with Crippen LogP contribution in [0.4, 0.5) is 13.2 Å². The summed E-state index contributed by atoms with van der Waals surface area (Å²) in [7, 11) is 0. The van der Waals surface area contributed by atoms with Gasteiger partial charge >= 0.3 is 12.1 Å². The molecule has 4 nitrogen and oxygen atoms in total. The van der Waals surface area contributed by atoms with Gasteiger partial charge in [0.2, 0.25) is 0 Å². The Kier molecular flexibility index (Phi) is 3.33. The second kappa shape index (κ2) is 4.25. The Labute approximate surface area is 94.5 Å². The van der Waals surface area contributed by atoms with Gasteiger partial charge in [-0.1, -0.05) is 0 Å². The van der Waals surface area contributed by atoms with Crippen LogP contribution < -0.4 is 5.73 Å². The number of hydrogen-bond acceptors (Lipinski definition) is 3. The van der Waals surface area contributed by atoms with E-state index in [2.05, 4.69) is 0 Å². The van der Waals surface area contributed by atoms with Gasteiger partial charge in [-0.05, 0) is 24.6 Å². The Balaban J connectivity index is 3.37. The molecule has 1 aromatic rings. The smallest absolute Gasteiger partial charge is 0.407 e. The van der Waals surface area contributed by atoms with Crippen molar-refractivity contribution in [3.05, 3.63) is 28.8 Å². The Bertz CT molecular complexity index is 457. The molecule has 7 heteroatoms. The van der Waals surface area contributed by atoms with Crippen LogP contribution in [0.2, 0.25) is 0 Å². The fourth-order valence-corrected chi connectivity index (χ4v) is 1.34. The second-order valence-corrected chi connectivity index (χ2v) is 3.56. The van der Waals surface area contributed by atoms with Crippen molar-refractivity contribution in [2.75, 3.05) is 0 Å². The van der Waals surface area contributed by atoms with Crippen molar-refractivity contribution in [1.82, 2.24) is 0 Å². The van der Waals surface area contributed by atoms with Crippen molar-refractivity contribution in [2.45, 2.75) is 19.1 Å². The van der Waals surface area contributed by atoms with E-state index in [1.165, 1.54) is 6.92 Å². The minimum atomic E-state index is -4.75. The molecule has 0 unspecified atom stereocenters. The largest absolute Gasteiger partial charge is 0.507 e. The van der Waals surface area contributed by atoms with Crippen LogP contribution in [-0.4, -0.2) is 22.4 Å². The zero-order valence-corrected chi connectivity index (χ0v) is 8.75. The lowest BCUT2D eigenvalue weighted by molar-refractivity contribution is -0.149. The van der Waals surface area contributed by atoms with Gasteiger partial charge in [0, 0.05) is 5.56 Å². The highest BCUT2D eigenvalue weighted by molar-refractivity contribution is 5.88. The highest BCUT2D eigenvalue weighted by atomic mass is 19.4. The molecule has 94 valence electrons. The molecule has 0 bridgehead atoms. The first-order valence-corrected chi connectivity index (χ1v) is 4.53. The van der Waals surface area contributed by atoms with Crippen molar-refractivity contribution in [1.29, 1.82) is 0 Å². The zero-order chi connectivity index (χ0) is 13.4. The van der Waals surface area contributed by atoms with E-state index in [-0.39, 0.29) is 11.1 Å². The van der Waals surface area contributed by atoms with Gasteiger partial charge in [0.25, 0.3) is 0 Å². The molecule has 0 aliphatic carbocycles. The minimum absolute atomic E-state index is 0.0274. The summed E-state index contributed by atoms with van der Waals surface area (Å²) in [5.74, 6) is -2.02. The van der Waals surface area contributed by atoms with Gasteiger partial charge in [-0.3, -0.25) is 0 Å². The third-order valence-electron chi connectivity index (χ3n) is 2.26. The number of carbonyl (C=O) groups is 1. The Morgan fingerprint density at radius 1 is 1.41 bits per heavy atom. The van der Waals surface area contributed by atoms with Crippen LogP contribution in [0.5, 0.6) is 5.75 Å². The number of rotatable bonds is 2. The van der Waals surface area contributed by atoms with E-state index in [1.807, 2.05) is 0 Å². The third kappa shape index (κ3) is 2.68. The van der Waals surface area contributed by atoms with E-state index in [0.29, 0.717) is 0 Å². The summed E-state index contributed by atoms with van der Waals surface area (Å²) in [5.41, 5.74) is 3.96. The number of phenolic OH excluding ortho intramolecular Hbond substituents is 1. The molecular weight excluding hydrogens is 239 g/mol. The average molecular weight is 249 g/mol. The van der Waals surface area contributed by atoms with E-state index in [0.717, 1.165) is 12.1 Å². The molecule has 0 spiro atoms. The fourth-order valence-electron chi connectivity index (χ4n) is 1.34. The van der Waals surface area contributed by atoms with Gasteiger partial charge in [0.05, 0.1) is 5.56 Å². The molecule has 0 heterocycles. The van der Waals surface area contributed by atoms with Crippen LogP contribution >= 0.6 is 0 Å². The van der Waals surface area contributed by atoms with E-state index in [1.54, 1.807) is 0 Å². The molecule has 0 amide bonds. The predicted molar refractivity (Wildman–Crippen MR) is 52.8 cm³/mol. The molecule has 1 aromatic carbocycles. The van der Waals surface area contributed by atoms with Gasteiger partial charge < -0.3 is 15.9 Å². The summed E-state index contributed by atoms with van der Waals surface area (Å²) in [4.78, 5) is 10.7. The van der Waals surface area contributed by atoms with Crippen LogP contribution in [0.3, 0.4) is 0 Å². The number of alkyl halides is 3. The summed E-state index contributed by atoms with van der Waals surface area (Å²) in [6.45, 7) is 1.30. The Morgan fingerprint density at radius 3 is 2.35 bits per heavy atom. The summed E-state index contributed by atoms with van der Waals surface area (Å²) >= 11 is 0. The first-order chi connectivity index (χ1) is 7.64. The summed E-state index contributed by atoms with van der Waals surface area (Å²) < 4.78 is 37.2. The highest BCUT2D eigenvalue weighted by Gasteiger charge is 2.39. The summed E-state index contributed by atoms with van der Waals surface area (Å²) in [6, 6.07) is -0.618. The molecule has 1 atom stereocenters. The van der Waals surface area contributed by atoms with Gasteiger partial charge in [-0.25, -0.2) is 4.79 Å². The van der Waals surface area contributed by atoms with E-state index >= 15 is 0 Å². The van der Waals surface area contributed by atoms with E-state index in [4.69, 9.17) is 10.8 Å². The first-order valence-electron chi connectivity index (χ1n) is 4.53. The van der Waals surface area contributed by atoms with Crippen LogP contribution in [0.25, 0.3) is 0 Å². The molecule has 0 aliphatic rings. The molecule has 0 saturated heterocycles. The van der Waals surface area contributed by atoms with Gasteiger partial charge in [-0.2, -0.15) is 13.2 Å². The third-order valence-corrected chi connectivity index (χ3v) is 2.26. The van der Waals surface area contributed by atoms with Gasteiger partial charge in [0.1, 0.15) is 11.8 Å². The average Bonchev–Trinajstić information content (AvgIpc) is 2.19. The number of benzene rings is 1. The maximum atomic E-state index is 12.4. The Hall–Kier alpha value is -1.76. The van der Waals surface area contributed by atoms with Crippen molar-refractivity contribution in [2.24, 2.45) is 5.73 Å². The second-order valence-electron chi connectivity index (χ2n) is 3.56. The molecule has 0 aromatic heterocycles. The minimum Gasteiger partial charge on any atom is -0.507 e. The number of aromatic hydroxyl groups is 1. The quantitative estimate of drug-likeness (QED) is 0.748. The first kappa shape index (κ1) is 13.3. The van der Waals surface area contributed by atoms with Crippen molar-refractivity contribution in [3.8, 4) is 5.75 Å². The number of nitrogens with two attached hydrogens (primary N) is 1. The van der Waals surface area contributed by atoms with Crippen molar-refractivity contribution in [3.63, 3.8) is 0 Å². The SMILES string of the molecule is Cc1cc(C(=O)O)cc([C@@H](N)C(F)(F)F)c1O. The lowest BCUT2D eigenvalue weighted by Crippen LogP contribution is -2.28. The monoisotopic (exact) mass is 249 g/mol. The number of aryl methyl sites for hydroxylation is 1. The standard InChI is InChI=1S/C10H10F3NO3/c1-4-2-5(9(16)17)3-6(7(4)15)8(14)10(11,12)13/h2-3,8,15H,14H2,1H3,(H,16,17)/t8-/m1/s1. The maximum Gasteiger partial charge on any atom is 0.407 e. The van der Waals surface area contributed by atoms with Gasteiger partial charge in [0.15, 0.2) is 0 Å². The zero-order valence-electron chi connectivity index (χ0n) is 8.75. The Morgan fingerprint density at radius 2 is 1.94 bits per heavy atom. The lowest BCUT2D eigenvalue weighted by Gasteiger charge is -2.18. The van der Waals surface area contributed by atoms with Crippen LogP contribution in [-0.2, 0) is 0 Å². The van der Waals surface area contributed by atoms with Gasteiger partial charge in [-0.15, -0.1) is 0 Å². The number of hydrogen-bond donors (Lipinski definition) is 3. The number of carboxylic acids is 1.